The van der Waals surface area contributed by atoms with Crippen molar-refractivity contribution in [2.24, 2.45) is 0 Å². The second-order valence-corrected chi connectivity index (χ2v) is 5.42. The molecule has 1 fully saturated rings. The molecule has 0 radical (unpaired) electrons. The Morgan fingerprint density at radius 3 is 2.17 bits per heavy atom. The number of aromatic carboxylic acids is 1. The van der Waals surface area contributed by atoms with E-state index in [1.165, 1.54) is 22.2 Å². The molecule has 0 aliphatic carbocycles. The second-order valence-electron chi connectivity index (χ2n) is 5.42. The molecular weight excluding hydrogens is 302 g/mol. The zero-order valence-corrected chi connectivity index (χ0v) is 13.1. The average molecular weight is 321 g/mol. The van der Waals surface area contributed by atoms with Crippen LogP contribution in [0.2, 0.25) is 0 Å². The van der Waals surface area contributed by atoms with Gasteiger partial charge in [-0.25, -0.2) is 14.8 Å². The molecular formula is C14H19N5O4. The van der Waals surface area contributed by atoms with Crippen LogP contribution in [0.25, 0.3) is 0 Å². The molecule has 1 aromatic rings. The van der Waals surface area contributed by atoms with Gasteiger partial charge in [0, 0.05) is 52.7 Å². The first-order chi connectivity index (χ1) is 10.9. The van der Waals surface area contributed by atoms with Crippen molar-refractivity contribution in [3.63, 3.8) is 0 Å². The van der Waals surface area contributed by atoms with Gasteiger partial charge in [0.2, 0.25) is 5.91 Å². The predicted octanol–water partition coefficient (Wildman–Crippen LogP) is -0.979. The third-order valence-corrected chi connectivity index (χ3v) is 3.62. The number of piperazine rings is 1. The van der Waals surface area contributed by atoms with E-state index in [2.05, 4.69) is 9.97 Å². The molecule has 0 bridgehead atoms. The number of nitrogens with zero attached hydrogens (tertiary/aromatic N) is 5. The zero-order valence-electron chi connectivity index (χ0n) is 13.1. The molecule has 0 atom stereocenters. The van der Waals surface area contributed by atoms with Gasteiger partial charge in [-0.2, -0.15) is 0 Å². The Bertz CT molecular complexity index is 611. The van der Waals surface area contributed by atoms with Gasteiger partial charge in [-0.05, 0) is 0 Å². The number of aromatic nitrogens is 2. The summed E-state index contributed by atoms with van der Waals surface area (Å²) in [5.41, 5.74) is -0.500. The highest BCUT2D eigenvalue weighted by molar-refractivity contribution is 6.02. The summed E-state index contributed by atoms with van der Waals surface area (Å²) in [5.74, 6) is -1.72. The Labute approximate surface area is 133 Å². The summed E-state index contributed by atoms with van der Waals surface area (Å²) in [7, 11) is 3.40. The van der Waals surface area contributed by atoms with E-state index in [9.17, 15) is 14.4 Å². The number of amides is 2. The van der Waals surface area contributed by atoms with E-state index in [1.54, 1.807) is 14.1 Å². The van der Waals surface area contributed by atoms with Crippen LogP contribution in [0.1, 0.15) is 21.0 Å². The number of carboxylic acids is 1. The monoisotopic (exact) mass is 321 g/mol. The summed E-state index contributed by atoms with van der Waals surface area (Å²) >= 11 is 0. The number of rotatable bonds is 4. The minimum atomic E-state index is -1.28. The fourth-order valence-corrected chi connectivity index (χ4v) is 2.24. The molecule has 1 saturated heterocycles. The molecule has 0 unspecified atom stereocenters. The summed E-state index contributed by atoms with van der Waals surface area (Å²) in [6.07, 6.45) is 2.54. The van der Waals surface area contributed by atoms with Gasteiger partial charge in [-0.1, -0.05) is 0 Å². The van der Waals surface area contributed by atoms with E-state index in [-0.39, 0.29) is 17.3 Å². The molecule has 9 nitrogen and oxygen atoms in total. The van der Waals surface area contributed by atoms with Crippen LogP contribution in [0.5, 0.6) is 0 Å². The van der Waals surface area contributed by atoms with Crippen molar-refractivity contribution in [1.29, 1.82) is 0 Å². The van der Waals surface area contributed by atoms with Crippen molar-refractivity contribution in [2.45, 2.75) is 0 Å². The molecule has 1 aromatic heterocycles. The minimum Gasteiger partial charge on any atom is -0.476 e. The van der Waals surface area contributed by atoms with Gasteiger partial charge >= 0.3 is 5.97 Å². The highest BCUT2D eigenvalue weighted by Gasteiger charge is 2.27. The summed E-state index contributed by atoms with van der Waals surface area (Å²) in [6, 6.07) is 0. The lowest BCUT2D eigenvalue weighted by Crippen LogP contribution is -2.51. The average Bonchev–Trinajstić information content (AvgIpc) is 2.54. The Morgan fingerprint density at radius 2 is 1.65 bits per heavy atom. The molecule has 124 valence electrons. The Balaban J connectivity index is 1.99. The van der Waals surface area contributed by atoms with Gasteiger partial charge < -0.3 is 14.9 Å². The lowest BCUT2D eigenvalue weighted by molar-refractivity contribution is -0.130. The van der Waals surface area contributed by atoms with E-state index in [0.29, 0.717) is 32.7 Å². The number of carboxylic acid groups (broad SMARTS) is 1. The SMILES string of the molecule is CN(C)C(=O)CN1CCN(C(=O)c2nccnc2C(=O)O)CC1. The highest BCUT2D eigenvalue weighted by atomic mass is 16.4. The van der Waals surface area contributed by atoms with Crippen LogP contribution in [0.3, 0.4) is 0 Å². The maximum Gasteiger partial charge on any atom is 0.356 e. The molecule has 0 spiro atoms. The Hall–Kier alpha value is -2.55. The van der Waals surface area contributed by atoms with Crippen LogP contribution in [0, 0.1) is 0 Å². The zero-order chi connectivity index (χ0) is 17.0. The highest BCUT2D eigenvalue weighted by Crippen LogP contribution is 2.10. The topological polar surface area (TPSA) is 107 Å². The van der Waals surface area contributed by atoms with Crippen molar-refractivity contribution in [3.8, 4) is 0 Å². The van der Waals surface area contributed by atoms with Crippen molar-refractivity contribution < 1.29 is 19.5 Å². The van der Waals surface area contributed by atoms with E-state index in [1.807, 2.05) is 4.90 Å². The van der Waals surface area contributed by atoms with Crippen LogP contribution in [0.4, 0.5) is 0 Å². The van der Waals surface area contributed by atoms with E-state index >= 15 is 0 Å². The van der Waals surface area contributed by atoms with Crippen LogP contribution in [-0.2, 0) is 4.79 Å². The second kappa shape index (κ2) is 7.14. The Kier molecular flexibility index (Phi) is 5.22. The van der Waals surface area contributed by atoms with Crippen molar-refractivity contribution >= 4 is 17.8 Å². The summed E-state index contributed by atoms with van der Waals surface area (Å²) < 4.78 is 0. The fourth-order valence-electron chi connectivity index (χ4n) is 2.24. The smallest absolute Gasteiger partial charge is 0.356 e. The van der Waals surface area contributed by atoms with Gasteiger partial charge in [-0.3, -0.25) is 14.5 Å². The number of carbonyl (C=O) groups is 3. The predicted molar refractivity (Wildman–Crippen MR) is 80.0 cm³/mol. The number of carbonyl (C=O) groups excluding carboxylic acids is 2. The quantitative estimate of drug-likeness (QED) is 0.759. The minimum absolute atomic E-state index is 0.00636. The first-order valence-corrected chi connectivity index (χ1v) is 7.16. The van der Waals surface area contributed by atoms with Crippen molar-refractivity contribution in [1.82, 2.24) is 24.7 Å². The van der Waals surface area contributed by atoms with E-state index in [0.717, 1.165) is 0 Å². The van der Waals surface area contributed by atoms with Gasteiger partial charge in [0.25, 0.3) is 5.91 Å². The number of likely N-dealkylation sites (N-methyl/N-ethyl adjacent to an activating group) is 1. The van der Waals surface area contributed by atoms with E-state index in [4.69, 9.17) is 5.11 Å². The molecule has 1 aliphatic rings. The molecule has 9 heteroatoms. The van der Waals surface area contributed by atoms with Gasteiger partial charge in [-0.15, -0.1) is 0 Å². The molecule has 0 saturated carbocycles. The normalized spacial score (nSPS) is 15.3. The van der Waals surface area contributed by atoms with Crippen molar-refractivity contribution in [3.05, 3.63) is 23.8 Å². The largest absolute Gasteiger partial charge is 0.476 e. The van der Waals surface area contributed by atoms with Crippen LogP contribution in [0.15, 0.2) is 12.4 Å². The molecule has 2 amide bonds. The molecule has 2 heterocycles. The summed E-state index contributed by atoms with van der Waals surface area (Å²) in [5, 5.41) is 9.08. The molecule has 1 N–H and O–H groups in total. The maximum atomic E-state index is 12.4. The molecule has 2 rings (SSSR count). The van der Waals surface area contributed by atoms with Crippen LogP contribution >= 0.6 is 0 Å². The lowest BCUT2D eigenvalue weighted by atomic mass is 10.2. The Morgan fingerprint density at radius 1 is 1.09 bits per heavy atom. The summed E-state index contributed by atoms with van der Waals surface area (Å²) in [6.45, 7) is 2.23. The standard InChI is InChI=1S/C14H19N5O4/c1-17(2)10(20)9-18-5-7-19(8-6-18)13(21)11-12(14(22)23)16-4-3-15-11/h3-4H,5-9H2,1-2H3,(H,22,23). The molecule has 1 aliphatic heterocycles. The third-order valence-electron chi connectivity index (χ3n) is 3.62. The first kappa shape index (κ1) is 16.8. The number of hydrogen-bond donors (Lipinski definition) is 1. The van der Waals surface area contributed by atoms with Gasteiger partial charge in [0.1, 0.15) is 0 Å². The van der Waals surface area contributed by atoms with Crippen LogP contribution in [-0.4, -0.2) is 94.4 Å². The van der Waals surface area contributed by atoms with Crippen LogP contribution < -0.4 is 0 Å². The van der Waals surface area contributed by atoms with Gasteiger partial charge in [0.05, 0.1) is 6.54 Å². The number of hydrogen-bond acceptors (Lipinski definition) is 6. The molecule has 0 aromatic carbocycles. The first-order valence-electron chi connectivity index (χ1n) is 7.16. The van der Waals surface area contributed by atoms with Gasteiger partial charge in [0.15, 0.2) is 11.4 Å². The maximum absolute atomic E-state index is 12.4. The summed E-state index contributed by atoms with van der Waals surface area (Å²) in [4.78, 5) is 47.8. The molecule has 23 heavy (non-hydrogen) atoms. The fraction of sp³-hybridized carbons (Fsp3) is 0.500. The van der Waals surface area contributed by atoms with Crippen molar-refractivity contribution in [2.75, 3.05) is 46.8 Å². The lowest BCUT2D eigenvalue weighted by Gasteiger charge is -2.34. The third kappa shape index (κ3) is 4.01. The van der Waals surface area contributed by atoms with E-state index < -0.39 is 11.9 Å².